The van der Waals surface area contributed by atoms with E-state index < -0.39 is 23.0 Å². The summed E-state index contributed by atoms with van der Waals surface area (Å²) in [5.41, 5.74) is 4.52. The summed E-state index contributed by atoms with van der Waals surface area (Å²) >= 11 is 0. The molecule has 2 heterocycles. The lowest BCUT2D eigenvalue weighted by Gasteiger charge is -2.20. The largest absolute Gasteiger partial charge is 0.491 e. The molecule has 11 heteroatoms. The highest BCUT2D eigenvalue weighted by Gasteiger charge is 2.31. The molecule has 1 amide bonds. The van der Waals surface area contributed by atoms with Crippen molar-refractivity contribution in [1.29, 1.82) is 0 Å². The standard InChI is InChI=1S/C28H26BFN2O6S/c1-31-28(33)26-22-13-21(17-3-4-17)24(14-25(22)38-27(26)18-5-7-20(30)8-6-18)32-39(35,36)15-16-2-9-23-19(12-16)10-11-37-29(23)34/h2,5-9,12-14,17,32,34H,3-4,10-11,15H2,1H3,(H,31,33). The summed E-state index contributed by atoms with van der Waals surface area (Å²) in [6.45, 7) is 0.370. The van der Waals surface area contributed by atoms with Crippen LogP contribution in [0.25, 0.3) is 22.3 Å². The van der Waals surface area contributed by atoms with Gasteiger partial charge in [0.2, 0.25) is 10.0 Å². The lowest BCUT2D eigenvalue weighted by Crippen LogP contribution is -2.41. The number of fused-ring (bicyclic) bond motifs is 2. The SMILES string of the molecule is CNC(=O)c1c(-c2ccc(F)cc2)oc2cc(NS(=O)(=O)Cc3ccc4c(c3)CCOB4O)c(C3CC3)cc12. The Labute approximate surface area is 225 Å². The third-order valence-electron chi connectivity index (χ3n) is 7.18. The van der Waals surface area contributed by atoms with Gasteiger partial charge < -0.3 is 19.4 Å². The van der Waals surface area contributed by atoms with Crippen LogP contribution in [0.15, 0.2) is 59.0 Å². The number of carbonyl (C=O) groups is 1. The highest BCUT2D eigenvalue weighted by molar-refractivity contribution is 7.91. The number of carbonyl (C=O) groups excluding carboxylic acids is 1. The minimum Gasteiger partial charge on any atom is -0.455 e. The second-order valence-corrected chi connectivity index (χ2v) is 11.7. The summed E-state index contributed by atoms with van der Waals surface area (Å²) in [7, 11) is -3.29. The van der Waals surface area contributed by atoms with Gasteiger partial charge in [-0.05, 0) is 77.7 Å². The number of anilines is 1. The molecule has 200 valence electrons. The summed E-state index contributed by atoms with van der Waals surface area (Å²) in [4.78, 5) is 12.9. The molecule has 1 aromatic heterocycles. The Balaban J connectivity index is 1.38. The molecular formula is C28H26BFN2O6S. The highest BCUT2D eigenvalue weighted by atomic mass is 32.2. The van der Waals surface area contributed by atoms with Gasteiger partial charge in [0.15, 0.2) is 0 Å². The molecule has 1 aliphatic carbocycles. The number of sulfonamides is 1. The molecular weight excluding hydrogens is 522 g/mol. The third-order valence-corrected chi connectivity index (χ3v) is 8.42. The van der Waals surface area contributed by atoms with E-state index in [-0.39, 0.29) is 23.3 Å². The van der Waals surface area contributed by atoms with Crippen LogP contribution < -0.4 is 15.5 Å². The molecule has 3 aromatic carbocycles. The molecule has 8 nitrogen and oxygen atoms in total. The van der Waals surface area contributed by atoms with Crippen LogP contribution in [0.5, 0.6) is 0 Å². The number of rotatable bonds is 7. The number of amides is 1. The summed E-state index contributed by atoms with van der Waals surface area (Å²) < 4.78 is 54.2. The van der Waals surface area contributed by atoms with Crippen LogP contribution in [-0.4, -0.2) is 40.1 Å². The van der Waals surface area contributed by atoms with E-state index in [4.69, 9.17) is 9.07 Å². The Hall–Kier alpha value is -3.67. The molecule has 0 spiro atoms. The molecule has 1 aliphatic heterocycles. The molecule has 1 saturated carbocycles. The van der Waals surface area contributed by atoms with Crippen LogP contribution in [0.4, 0.5) is 10.1 Å². The van der Waals surface area contributed by atoms with E-state index in [0.717, 1.165) is 24.0 Å². The number of hydrogen-bond donors (Lipinski definition) is 3. The molecule has 0 unspecified atom stereocenters. The fourth-order valence-corrected chi connectivity index (χ4v) is 6.34. The van der Waals surface area contributed by atoms with Crippen molar-refractivity contribution in [1.82, 2.24) is 5.32 Å². The van der Waals surface area contributed by atoms with Gasteiger partial charge in [0.1, 0.15) is 17.2 Å². The average Bonchev–Trinajstić information content (AvgIpc) is 3.68. The van der Waals surface area contributed by atoms with Gasteiger partial charge in [-0.3, -0.25) is 9.52 Å². The molecule has 6 rings (SSSR count). The van der Waals surface area contributed by atoms with E-state index in [0.29, 0.717) is 51.8 Å². The summed E-state index contributed by atoms with van der Waals surface area (Å²) in [5.74, 6) is -0.564. The minimum atomic E-state index is -3.81. The Morgan fingerprint density at radius 1 is 1.13 bits per heavy atom. The van der Waals surface area contributed by atoms with E-state index in [1.54, 1.807) is 24.3 Å². The molecule has 3 N–H and O–H groups in total. The minimum absolute atomic E-state index is 0.166. The van der Waals surface area contributed by atoms with Crippen molar-refractivity contribution >= 4 is 45.2 Å². The van der Waals surface area contributed by atoms with Crippen molar-refractivity contribution in [2.75, 3.05) is 18.4 Å². The first-order chi connectivity index (χ1) is 18.7. The summed E-state index contributed by atoms with van der Waals surface area (Å²) in [5, 5.41) is 13.2. The Morgan fingerprint density at radius 2 is 1.90 bits per heavy atom. The number of halogens is 1. The second-order valence-electron chi connectivity index (χ2n) is 9.97. The van der Waals surface area contributed by atoms with Crippen molar-refractivity contribution in [2.24, 2.45) is 0 Å². The summed E-state index contributed by atoms with van der Waals surface area (Å²) in [6, 6.07) is 14.3. The van der Waals surface area contributed by atoms with Crippen molar-refractivity contribution in [3.8, 4) is 11.3 Å². The van der Waals surface area contributed by atoms with Crippen LogP contribution in [0.1, 0.15) is 45.8 Å². The van der Waals surface area contributed by atoms with Gasteiger partial charge in [0.25, 0.3) is 5.91 Å². The molecule has 1 fully saturated rings. The molecule has 4 aromatic rings. The molecule has 2 aliphatic rings. The van der Waals surface area contributed by atoms with E-state index in [1.807, 2.05) is 6.07 Å². The van der Waals surface area contributed by atoms with Gasteiger partial charge in [-0.15, -0.1) is 0 Å². The average molecular weight is 548 g/mol. The van der Waals surface area contributed by atoms with E-state index in [9.17, 15) is 22.6 Å². The van der Waals surface area contributed by atoms with Crippen LogP contribution >= 0.6 is 0 Å². The van der Waals surface area contributed by atoms with E-state index in [1.165, 1.54) is 31.3 Å². The first kappa shape index (κ1) is 25.6. The fourth-order valence-electron chi connectivity index (χ4n) is 5.13. The predicted molar refractivity (Wildman–Crippen MR) is 147 cm³/mol. The topological polar surface area (TPSA) is 118 Å². The monoisotopic (exact) mass is 548 g/mol. The lowest BCUT2D eigenvalue weighted by molar-refractivity contribution is 0.0964. The van der Waals surface area contributed by atoms with Gasteiger partial charge in [0, 0.05) is 30.7 Å². The number of furan rings is 1. The molecule has 39 heavy (non-hydrogen) atoms. The zero-order valence-corrected chi connectivity index (χ0v) is 22.0. The van der Waals surface area contributed by atoms with Crippen LogP contribution in [-0.2, 0) is 26.9 Å². The maximum Gasteiger partial charge on any atom is 0.491 e. The van der Waals surface area contributed by atoms with Gasteiger partial charge >= 0.3 is 7.12 Å². The molecule has 0 bridgehead atoms. The predicted octanol–water partition coefficient (Wildman–Crippen LogP) is 3.68. The molecule has 0 saturated heterocycles. The number of nitrogens with one attached hydrogen (secondary N) is 2. The van der Waals surface area contributed by atoms with Crippen molar-refractivity contribution in [3.05, 3.63) is 82.7 Å². The fraction of sp³-hybridized carbons (Fsp3) is 0.250. The van der Waals surface area contributed by atoms with Crippen LogP contribution in [0, 0.1) is 5.82 Å². The Bertz CT molecular complexity index is 1700. The smallest absolute Gasteiger partial charge is 0.455 e. The van der Waals surface area contributed by atoms with Crippen molar-refractivity contribution in [2.45, 2.75) is 30.9 Å². The van der Waals surface area contributed by atoms with E-state index >= 15 is 0 Å². The lowest BCUT2D eigenvalue weighted by atomic mass is 9.73. The van der Waals surface area contributed by atoms with Crippen molar-refractivity contribution < 1.29 is 31.7 Å². The number of hydrogen-bond acceptors (Lipinski definition) is 6. The van der Waals surface area contributed by atoms with Crippen molar-refractivity contribution in [3.63, 3.8) is 0 Å². The molecule has 0 radical (unpaired) electrons. The maximum atomic E-state index is 13.6. The first-order valence-corrected chi connectivity index (χ1v) is 14.4. The first-order valence-electron chi connectivity index (χ1n) is 12.7. The van der Waals surface area contributed by atoms with E-state index in [2.05, 4.69) is 10.0 Å². The quantitative estimate of drug-likeness (QED) is 0.304. The second kappa shape index (κ2) is 9.82. The normalized spacial score (nSPS) is 15.3. The van der Waals surface area contributed by atoms with Crippen LogP contribution in [0.2, 0.25) is 0 Å². The van der Waals surface area contributed by atoms with Gasteiger partial charge in [-0.25, -0.2) is 12.8 Å². The maximum absolute atomic E-state index is 13.6. The van der Waals surface area contributed by atoms with Crippen LogP contribution in [0.3, 0.4) is 0 Å². The zero-order valence-electron chi connectivity index (χ0n) is 21.2. The van der Waals surface area contributed by atoms with Gasteiger partial charge in [0.05, 0.1) is 17.0 Å². The summed E-state index contributed by atoms with van der Waals surface area (Å²) in [6.07, 6.45) is 2.42. The van der Waals surface area contributed by atoms with Gasteiger partial charge in [-0.2, -0.15) is 0 Å². The number of benzene rings is 3. The zero-order chi connectivity index (χ0) is 27.3. The molecule has 0 atom stereocenters. The Kier molecular flexibility index (Phi) is 6.45. The highest BCUT2D eigenvalue weighted by Crippen LogP contribution is 2.47. The Morgan fingerprint density at radius 3 is 2.62 bits per heavy atom. The third kappa shape index (κ3) is 5.05. The van der Waals surface area contributed by atoms with Gasteiger partial charge in [-0.1, -0.05) is 18.2 Å².